The second kappa shape index (κ2) is 8.01. The van der Waals surface area contributed by atoms with E-state index in [-0.39, 0.29) is 11.2 Å². The number of carbonyl (C=O) groups is 2. The molecule has 1 aromatic rings. The van der Waals surface area contributed by atoms with Gasteiger partial charge in [0.15, 0.2) is 11.5 Å². The largest absolute Gasteiger partial charge is 0.493 e. The van der Waals surface area contributed by atoms with Crippen LogP contribution in [0.3, 0.4) is 0 Å². The first-order valence-corrected chi connectivity index (χ1v) is 9.92. The minimum Gasteiger partial charge on any atom is -0.493 e. The Morgan fingerprint density at radius 3 is 2.52 bits per heavy atom. The summed E-state index contributed by atoms with van der Waals surface area (Å²) in [7, 11) is 2.93. The molecule has 6 heteroatoms. The lowest BCUT2D eigenvalue weighted by molar-refractivity contribution is -0.136. The summed E-state index contributed by atoms with van der Waals surface area (Å²) in [6, 6.07) is 5.57. The third-order valence-corrected chi connectivity index (χ3v) is 5.62. The lowest BCUT2D eigenvalue weighted by atomic mass is 9.63. The zero-order valence-electron chi connectivity index (χ0n) is 18.0. The molecule has 1 saturated carbocycles. The zero-order valence-corrected chi connectivity index (χ0v) is 18.0. The smallest absolute Gasteiger partial charge is 0.336 e. The molecule has 1 aliphatic carbocycles. The Kier molecular flexibility index (Phi) is 5.82. The molecule has 1 aromatic carbocycles. The van der Waals surface area contributed by atoms with E-state index in [9.17, 15) is 9.59 Å². The molecule has 0 saturated heterocycles. The van der Waals surface area contributed by atoms with Crippen molar-refractivity contribution in [1.82, 2.24) is 0 Å². The van der Waals surface area contributed by atoms with Crippen molar-refractivity contribution in [2.24, 2.45) is 16.3 Å². The van der Waals surface area contributed by atoms with Crippen molar-refractivity contribution in [2.45, 2.75) is 46.5 Å². The normalized spacial score (nSPS) is 23.2. The first-order valence-electron chi connectivity index (χ1n) is 9.92. The fourth-order valence-corrected chi connectivity index (χ4v) is 4.48. The molecule has 2 atom stereocenters. The van der Waals surface area contributed by atoms with Gasteiger partial charge in [-0.2, -0.15) is 0 Å². The third-order valence-electron chi connectivity index (χ3n) is 5.62. The van der Waals surface area contributed by atoms with Crippen LogP contribution in [-0.2, 0) is 14.3 Å². The molecule has 29 heavy (non-hydrogen) atoms. The molecule has 1 aliphatic heterocycles. The monoisotopic (exact) mass is 399 g/mol. The van der Waals surface area contributed by atoms with Crippen LogP contribution < -0.4 is 9.47 Å². The van der Waals surface area contributed by atoms with Crippen LogP contribution in [-0.4, -0.2) is 38.3 Å². The molecule has 0 aromatic heterocycles. The SMILES string of the molecule is CCOc1ccc([C@@H]2C(C(=O)OC)=C(C)N=C3CC(C)(C)CC(=O)C32)cc1OC. The number of aliphatic imine (C=N–C) groups is 1. The van der Waals surface area contributed by atoms with Crippen LogP contribution >= 0.6 is 0 Å². The van der Waals surface area contributed by atoms with Gasteiger partial charge in [-0.25, -0.2) is 4.79 Å². The molecule has 1 fully saturated rings. The number of hydrogen-bond acceptors (Lipinski definition) is 6. The van der Waals surface area contributed by atoms with Crippen molar-refractivity contribution in [1.29, 1.82) is 0 Å². The van der Waals surface area contributed by atoms with Gasteiger partial charge >= 0.3 is 5.97 Å². The number of esters is 1. The van der Waals surface area contributed by atoms with E-state index in [0.717, 1.165) is 17.7 Å². The van der Waals surface area contributed by atoms with Crippen LogP contribution in [0.25, 0.3) is 0 Å². The van der Waals surface area contributed by atoms with Gasteiger partial charge in [0.1, 0.15) is 5.78 Å². The molecule has 0 bridgehead atoms. The Balaban J connectivity index is 2.17. The minimum atomic E-state index is -0.469. The lowest BCUT2D eigenvalue weighted by Gasteiger charge is -2.41. The molecule has 0 amide bonds. The van der Waals surface area contributed by atoms with Crippen LogP contribution in [0.15, 0.2) is 34.5 Å². The van der Waals surface area contributed by atoms with Gasteiger partial charge in [-0.05, 0) is 43.4 Å². The van der Waals surface area contributed by atoms with E-state index in [0.29, 0.717) is 35.8 Å². The average molecular weight is 399 g/mol. The van der Waals surface area contributed by atoms with Gasteiger partial charge in [-0.1, -0.05) is 19.9 Å². The first-order chi connectivity index (χ1) is 13.7. The molecule has 6 nitrogen and oxygen atoms in total. The van der Waals surface area contributed by atoms with Gasteiger partial charge < -0.3 is 14.2 Å². The van der Waals surface area contributed by atoms with Gasteiger partial charge in [0, 0.05) is 23.7 Å². The van der Waals surface area contributed by atoms with Crippen LogP contribution in [0.1, 0.15) is 52.0 Å². The van der Waals surface area contributed by atoms with Gasteiger partial charge in [0.05, 0.1) is 32.3 Å². The summed E-state index contributed by atoms with van der Waals surface area (Å²) >= 11 is 0. The number of allylic oxidation sites excluding steroid dienone is 1. The number of rotatable bonds is 5. The fourth-order valence-electron chi connectivity index (χ4n) is 4.48. The van der Waals surface area contributed by atoms with Crippen LogP contribution in [0, 0.1) is 11.3 Å². The predicted molar refractivity (Wildman–Crippen MR) is 111 cm³/mol. The third kappa shape index (κ3) is 3.93. The summed E-state index contributed by atoms with van der Waals surface area (Å²) in [4.78, 5) is 30.6. The highest BCUT2D eigenvalue weighted by Crippen LogP contribution is 2.48. The number of benzene rings is 1. The van der Waals surface area contributed by atoms with Crippen LogP contribution in [0.2, 0.25) is 0 Å². The molecule has 0 radical (unpaired) electrons. The number of fused-ring (bicyclic) bond motifs is 1. The number of methoxy groups -OCH3 is 2. The quantitative estimate of drug-likeness (QED) is 0.698. The maximum atomic E-state index is 13.2. The topological polar surface area (TPSA) is 74.2 Å². The molecule has 0 N–H and O–H groups in total. The molecule has 1 unspecified atom stereocenters. The maximum Gasteiger partial charge on any atom is 0.336 e. The zero-order chi connectivity index (χ0) is 21.3. The van der Waals surface area contributed by atoms with E-state index in [4.69, 9.17) is 14.2 Å². The van der Waals surface area contributed by atoms with E-state index < -0.39 is 17.8 Å². The molecular weight excluding hydrogens is 370 g/mol. The van der Waals surface area contributed by atoms with Gasteiger partial charge in [0.25, 0.3) is 0 Å². The first kappa shape index (κ1) is 21.1. The van der Waals surface area contributed by atoms with E-state index in [1.54, 1.807) is 14.0 Å². The standard InChI is InChI=1S/C23H29NO5/c1-7-29-17-9-8-14(10-18(17)27-5)20-19(22(26)28-6)13(2)24-15-11-23(3,4)12-16(25)21(15)20/h8-10,20-21H,7,11-12H2,1-6H3/t20-,21?/m1/s1. The highest BCUT2D eigenvalue weighted by molar-refractivity contribution is 6.12. The molecule has 0 spiro atoms. The second-order valence-electron chi connectivity index (χ2n) is 8.38. The van der Waals surface area contributed by atoms with Crippen molar-refractivity contribution >= 4 is 17.5 Å². The number of carbonyl (C=O) groups excluding carboxylic acids is 2. The van der Waals surface area contributed by atoms with Crippen molar-refractivity contribution in [3.05, 3.63) is 35.0 Å². The maximum absolute atomic E-state index is 13.2. The number of hydrogen-bond donors (Lipinski definition) is 0. The van der Waals surface area contributed by atoms with Gasteiger partial charge in [0.2, 0.25) is 0 Å². The number of Topliss-reactive ketones (excluding diaryl/α,β-unsaturated/α-hetero) is 1. The molecular formula is C23H29NO5. The molecule has 1 heterocycles. The van der Waals surface area contributed by atoms with Crippen molar-refractivity contribution < 1.29 is 23.8 Å². The summed E-state index contributed by atoms with van der Waals surface area (Å²) in [5.41, 5.74) is 2.55. The van der Waals surface area contributed by atoms with E-state index >= 15 is 0 Å². The molecule has 2 aliphatic rings. The Bertz CT molecular complexity index is 897. The Morgan fingerprint density at radius 2 is 1.90 bits per heavy atom. The van der Waals surface area contributed by atoms with Gasteiger partial charge in [-0.15, -0.1) is 0 Å². The van der Waals surface area contributed by atoms with Crippen molar-refractivity contribution in [3.63, 3.8) is 0 Å². The summed E-state index contributed by atoms with van der Waals surface area (Å²) in [6.45, 7) is 8.38. The summed E-state index contributed by atoms with van der Waals surface area (Å²) in [5.74, 6) is -0.0853. The minimum absolute atomic E-state index is 0.103. The molecule has 3 rings (SSSR count). The number of ether oxygens (including phenoxy) is 3. The van der Waals surface area contributed by atoms with E-state index in [1.807, 2.05) is 25.1 Å². The lowest BCUT2D eigenvalue weighted by Crippen LogP contribution is -2.44. The van der Waals surface area contributed by atoms with Gasteiger partial charge in [-0.3, -0.25) is 9.79 Å². The number of nitrogens with zero attached hydrogens (tertiary/aromatic N) is 1. The average Bonchev–Trinajstić information content (AvgIpc) is 2.65. The van der Waals surface area contributed by atoms with Crippen LogP contribution in [0.4, 0.5) is 0 Å². The van der Waals surface area contributed by atoms with Crippen molar-refractivity contribution in [3.8, 4) is 11.5 Å². The summed E-state index contributed by atoms with van der Waals surface area (Å²) in [6.07, 6.45) is 1.18. The Morgan fingerprint density at radius 1 is 1.17 bits per heavy atom. The van der Waals surface area contributed by atoms with Crippen molar-refractivity contribution in [2.75, 3.05) is 20.8 Å². The van der Waals surface area contributed by atoms with E-state index in [1.165, 1.54) is 7.11 Å². The van der Waals surface area contributed by atoms with Crippen LogP contribution in [0.5, 0.6) is 11.5 Å². The Hall–Kier alpha value is -2.63. The highest BCUT2D eigenvalue weighted by atomic mass is 16.5. The Labute approximate surface area is 171 Å². The highest BCUT2D eigenvalue weighted by Gasteiger charge is 2.47. The second-order valence-corrected chi connectivity index (χ2v) is 8.38. The predicted octanol–water partition coefficient (Wildman–Crippen LogP) is 4.08. The fraction of sp³-hybridized carbons (Fsp3) is 0.522. The number of ketones is 1. The van der Waals surface area contributed by atoms with E-state index in [2.05, 4.69) is 18.8 Å². The summed E-state index contributed by atoms with van der Waals surface area (Å²) in [5, 5.41) is 0. The molecule has 156 valence electrons. The summed E-state index contributed by atoms with van der Waals surface area (Å²) < 4.78 is 16.2.